The summed E-state index contributed by atoms with van der Waals surface area (Å²) >= 11 is 0. The van der Waals surface area contributed by atoms with Crippen LogP contribution >= 0.6 is 0 Å². The lowest BCUT2D eigenvalue weighted by Gasteiger charge is -2.41. The van der Waals surface area contributed by atoms with Gasteiger partial charge in [-0.1, -0.05) is 0 Å². The van der Waals surface area contributed by atoms with Crippen molar-refractivity contribution in [2.75, 3.05) is 18.1 Å². The fraction of sp³-hybridized carbons (Fsp3) is 1.00. The van der Waals surface area contributed by atoms with E-state index in [4.69, 9.17) is 5.73 Å². The molecule has 1 fully saturated rings. The highest BCUT2D eigenvalue weighted by atomic mass is 32.2. The van der Waals surface area contributed by atoms with Crippen LogP contribution in [0.5, 0.6) is 0 Å². The molecule has 0 aromatic carbocycles. The van der Waals surface area contributed by atoms with Crippen LogP contribution in [-0.2, 0) is 9.84 Å². The maximum absolute atomic E-state index is 12.9. The Morgan fingerprint density at radius 1 is 1.41 bits per heavy atom. The number of nitrogens with zero attached hydrogens (tertiary/aromatic N) is 1. The Morgan fingerprint density at radius 2 is 1.94 bits per heavy atom. The van der Waals surface area contributed by atoms with E-state index in [9.17, 15) is 21.6 Å². The second-order valence-electron chi connectivity index (χ2n) is 4.55. The van der Waals surface area contributed by atoms with E-state index in [2.05, 4.69) is 0 Å². The van der Waals surface area contributed by atoms with Gasteiger partial charge in [-0.15, -0.1) is 0 Å². The molecule has 8 heteroatoms. The second kappa shape index (κ2) is 4.74. The molecule has 3 atom stereocenters. The van der Waals surface area contributed by atoms with Gasteiger partial charge >= 0.3 is 6.18 Å². The fourth-order valence-corrected chi connectivity index (χ4v) is 3.79. The maximum atomic E-state index is 12.9. The fourth-order valence-electron chi connectivity index (χ4n) is 2.21. The number of alkyl halides is 3. The topological polar surface area (TPSA) is 63.4 Å². The summed E-state index contributed by atoms with van der Waals surface area (Å²) in [4.78, 5) is 1.14. The zero-order valence-corrected chi connectivity index (χ0v) is 10.6. The summed E-state index contributed by atoms with van der Waals surface area (Å²) in [6, 6.07) is -3.53. The number of rotatable bonds is 2. The molecule has 2 N–H and O–H groups in total. The molecule has 0 saturated carbocycles. The van der Waals surface area contributed by atoms with Crippen molar-refractivity contribution in [2.45, 2.75) is 38.1 Å². The summed E-state index contributed by atoms with van der Waals surface area (Å²) < 4.78 is 61.2. The number of hydrogen-bond donors (Lipinski definition) is 1. The number of halogens is 3. The van der Waals surface area contributed by atoms with Gasteiger partial charge in [0.25, 0.3) is 0 Å². The van der Waals surface area contributed by atoms with Crippen molar-refractivity contribution in [1.82, 2.24) is 4.90 Å². The molecule has 0 aromatic heterocycles. The SMILES string of the molecule is CC(N)C(N1CCS(=O)(=O)CC1C)C(F)(F)F. The van der Waals surface area contributed by atoms with E-state index in [0.717, 1.165) is 4.90 Å². The minimum Gasteiger partial charge on any atom is -0.326 e. The van der Waals surface area contributed by atoms with E-state index in [1.54, 1.807) is 0 Å². The zero-order valence-electron chi connectivity index (χ0n) is 9.74. The van der Waals surface area contributed by atoms with Crippen LogP contribution in [0.4, 0.5) is 13.2 Å². The molecule has 0 aromatic rings. The third-order valence-corrected chi connectivity index (χ3v) is 4.71. The first-order valence-electron chi connectivity index (χ1n) is 5.33. The number of hydrogen-bond acceptors (Lipinski definition) is 4. The van der Waals surface area contributed by atoms with Crippen LogP contribution in [0.25, 0.3) is 0 Å². The van der Waals surface area contributed by atoms with Crippen molar-refractivity contribution >= 4 is 9.84 Å². The van der Waals surface area contributed by atoms with Crippen molar-refractivity contribution < 1.29 is 21.6 Å². The minimum atomic E-state index is -4.44. The van der Waals surface area contributed by atoms with Crippen molar-refractivity contribution in [2.24, 2.45) is 5.73 Å². The smallest absolute Gasteiger partial charge is 0.326 e. The summed E-state index contributed by atoms with van der Waals surface area (Å²) in [6.07, 6.45) is -4.44. The van der Waals surface area contributed by atoms with E-state index in [1.807, 2.05) is 0 Å². The lowest BCUT2D eigenvalue weighted by Crippen LogP contribution is -2.61. The summed E-state index contributed by atoms with van der Waals surface area (Å²) in [5.41, 5.74) is 5.37. The van der Waals surface area contributed by atoms with E-state index in [-0.39, 0.29) is 18.1 Å². The molecular weight excluding hydrogens is 257 g/mol. The number of sulfone groups is 1. The Labute approximate surface area is 98.9 Å². The minimum absolute atomic E-state index is 0.116. The van der Waals surface area contributed by atoms with Crippen LogP contribution in [0, 0.1) is 0 Å². The molecule has 102 valence electrons. The zero-order chi connectivity index (χ0) is 13.4. The molecule has 1 rings (SSSR count). The Bertz CT molecular complexity index is 367. The molecule has 0 aliphatic carbocycles. The highest BCUT2D eigenvalue weighted by Crippen LogP contribution is 2.29. The van der Waals surface area contributed by atoms with Gasteiger partial charge < -0.3 is 5.73 Å². The third kappa shape index (κ3) is 3.56. The predicted octanol–water partition coefficient (Wildman–Crippen LogP) is 0.383. The monoisotopic (exact) mass is 274 g/mol. The highest BCUT2D eigenvalue weighted by Gasteiger charge is 2.48. The van der Waals surface area contributed by atoms with Gasteiger partial charge in [0.15, 0.2) is 9.84 Å². The molecule has 1 aliphatic rings. The lowest BCUT2D eigenvalue weighted by atomic mass is 10.1. The molecule has 4 nitrogen and oxygen atoms in total. The average Bonchev–Trinajstić information content (AvgIpc) is 2.05. The van der Waals surface area contributed by atoms with Crippen molar-refractivity contribution in [3.05, 3.63) is 0 Å². The average molecular weight is 274 g/mol. The molecule has 0 radical (unpaired) electrons. The molecule has 0 amide bonds. The quantitative estimate of drug-likeness (QED) is 0.791. The van der Waals surface area contributed by atoms with E-state index in [0.29, 0.717) is 0 Å². The Kier molecular flexibility index (Phi) is 4.10. The molecule has 3 unspecified atom stereocenters. The Morgan fingerprint density at radius 3 is 2.29 bits per heavy atom. The summed E-state index contributed by atoms with van der Waals surface area (Å²) in [6.45, 7) is 2.65. The summed E-state index contributed by atoms with van der Waals surface area (Å²) in [5, 5.41) is 0. The van der Waals surface area contributed by atoms with Crippen molar-refractivity contribution in [3.63, 3.8) is 0 Å². The maximum Gasteiger partial charge on any atom is 0.405 e. The summed E-state index contributed by atoms with van der Waals surface area (Å²) in [7, 11) is -3.22. The van der Waals surface area contributed by atoms with Crippen LogP contribution < -0.4 is 5.73 Å². The van der Waals surface area contributed by atoms with Gasteiger partial charge in [-0.25, -0.2) is 8.42 Å². The molecule has 1 aliphatic heterocycles. The van der Waals surface area contributed by atoms with E-state index < -0.39 is 34.1 Å². The van der Waals surface area contributed by atoms with E-state index >= 15 is 0 Å². The van der Waals surface area contributed by atoms with Gasteiger partial charge in [0.2, 0.25) is 0 Å². The van der Waals surface area contributed by atoms with Crippen LogP contribution in [0.1, 0.15) is 13.8 Å². The van der Waals surface area contributed by atoms with Crippen molar-refractivity contribution in [3.8, 4) is 0 Å². The Hall–Kier alpha value is -0.340. The first-order valence-corrected chi connectivity index (χ1v) is 7.15. The molecule has 1 saturated heterocycles. The number of nitrogens with two attached hydrogens (primary N) is 1. The molecular formula is C9H17F3N2O2S. The molecule has 0 bridgehead atoms. The van der Waals surface area contributed by atoms with Gasteiger partial charge in [0.05, 0.1) is 11.5 Å². The largest absolute Gasteiger partial charge is 0.405 e. The van der Waals surface area contributed by atoms with Crippen LogP contribution in [0.3, 0.4) is 0 Å². The van der Waals surface area contributed by atoms with Gasteiger partial charge in [-0.3, -0.25) is 4.90 Å². The predicted molar refractivity (Wildman–Crippen MR) is 58.3 cm³/mol. The first kappa shape index (κ1) is 14.7. The molecule has 0 spiro atoms. The van der Waals surface area contributed by atoms with Gasteiger partial charge in [-0.05, 0) is 13.8 Å². The first-order chi connectivity index (χ1) is 7.54. The normalized spacial score (nSPS) is 29.9. The highest BCUT2D eigenvalue weighted by molar-refractivity contribution is 7.91. The molecule has 17 heavy (non-hydrogen) atoms. The van der Waals surface area contributed by atoms with Crippen LogP contribution in [-0.4, -0.2) is 55.7 Å². The lowest BCUT2D eigenvalue weighted by molar-refractivity contribution is -0.192. The third-order valence-electron chi connectivity index (χ3n) is 2.91. The standard InChI is InChI=1S/C9H17F3N2O2S/c1-6-5-17(15,16)4-3-14(6)8(7(2)13)9(10,11)12/h6-8H,3-5,13H2,1-2H3. The summed E-state index contributed by atoms with van der Waals surface area (Å²) in [5.74, 6) is -0.483. The molecule has 1 heterocycles. The Balaban J connectivity index is 2.91. The van der Waals surface area contributed by atoms with Gasteiger partial charge in [0, 0.05) is 18.6 Å². The second-order valence-corrected chi connectivity index (χ2v) is 6.78. The van der Waals surface area contributed by atoms with Gasteiger partial charge in [0.1, 0.15) is 6.04 Å². The van der Waals surface area contributed by atoms with Crippen molar-refractivity contribution in [1.29, 1.82) is 0 Å². The van der Waals surface area contributed by atoms with Crippen LogP contribution in [0.15, 0.2) is 0 Å². The van der Waals surface area contributed by atoms with Crippen LogP contribution in [0.2, 0.25) is 0 Å². The van der Waals surface area contributed by atoms with E-state index in [1.165, 1.54) is 13.8 Å². The van der Waals surface area contributed by atoms with Gasteiger partial charge in [-0.2, -0.15) is 13.2 Å².